The SMILES string of the molecule is CNCC1CCCN(C(=O)c2csc(-c3cnn(-c4ccccc4)c3)n2)C1. The number of hydrogen-bond donors (Lipinski definition) is 1. The Morgan fingerprint density at radius 2 is 2.19 bits per heavy atom. The lowest BCUT2D eigenvalue weighted by Gasteiger charge is -2.32. The molecule has 1 saturated heterocycles. The molecule has 1 N–H and O–H groups in total. The molecule has 0 radical (unpaired) electrons. The second-order valence-electron chi connectivity index (χ2n) is 6.86. The number of carbonyl (C=O) groups excluding carboxylic acids is 1. The summed E-state index contributed by atoms with van der Waals surface area (Å²) in [6.45, 7) is 2.57. The maximum Gasteiger partial charge on any atom is 0.273 e. The van der Waals surface area contributed by atoms with Gasteiger partial charge in [-0.15, -0.1) is 11.3 Å². The summed E-state index contributed by atoms with van der Waals surface area (Å²) in [6, 6.07) is 9.96. The number of amides is 1. The summed E-state index contributed by atoms with van der Waals surface area (Å²) in [5.41, 5.74) is 2.46. The zero-order chi connectivity index (χ0) is 18.6. The van der Waals surface area contributed by atoms with Crippen LogP contribution < -0.4 is 5.32 Å². The van der Waals surface area contributed by atoms with Gasteiger partial charge in [0, 0.05) is 30.2 Å². The quantitative estimate of drug-likeness (QED) is 0.738. The van der Waals surface area contributed by atoms with Crippen molar-refractivity contribution in [1.82, 2.24) is 25.0 Å². The topological polar surface area (TPSA) is 63.1 Å². The summed E-state index contributed by atoms with van der Waals surface area (Å²) in [7, 11) is 1.96. The summed E-state index contributed by atoms with van der Waals surface area (Å²) in [5.74, 6) is 0.559. The highest BCUT2D eigenvalue weighted by Crippen LogP contribution is 2.26. The van der Waals surface area contributed by atoms with Gasteiger partial charge in [0.1, 0.15) is 10.7 Å². The van der Waals surface area contributed by atoms with Crippen LogP contribution in [0.5, 0.6) is 0 Å². The van der Waals surface area contributed by atoms with E-state index in [1.54, 1.807) is 6.20 Å². The third-order valence-electron chi connectivity index (χ3n) is 4.87. The molecule has 1 aromatic carbocycles. The molecule has 6 nitrogen and oxygen atoms in total. The molecule has 4 rings (SSSR count). The van der Waals surface area contributed by atoms with E-state index in [9.17, 15) is 4.79 Å². The molecule has 0 saturated carbocycles. The number of hydrogen-bond acceptors (Lipinski definition) is 5. The summed E-state index contributed by atoms with van der Waals surface area (Å²) in [4.78, 5) is 19.4. The number of rotatable bonds is 5. The van der Waals surface area contributed by atoms with E-state index in [0.29, 0.717) is 11.6 Å². The van der Waals surface area contributed by atoms with Crippen molar-refractivity contribution in [1.29, 1.82) is 0 Å². The van der Waals surface area contributed by atoms with Crippen LogP contribution in [0.3, 0.4) is 0 Å². The van der Waals surface area contributed by atoms with Crippen LogP contribution in [0.4, 0.5) is 0 Å². The van der Waals surface area contributed by atoms with Crippen LogP contribution in [-0.4, -0.2) is 52.3 Å². The van der Waals surface area contributed by atoms with Crippen LogP contribution in [0, 0.1) is 5.92 Å². The minimum atomic E-state index is 0.0359. The Labute approximate surface area is 162 Å². The zero-order valence-corrected chi connectivity index (χ0v) is 16.2. The third kappa shape index (κ3) is 3.94. The number of likely N-dealkylation sites (tertiary alicyclic amines) is 1. The van der Waals surface area contributed by atoms with Crippen LogP contribution in [0.25, 0.3) is 16.3 Å². The van der Waals surface area contributed by atoms with Gasteiger partial charge in [-0.3, -0.25) is 4.79 Å². The molecule has 27 heavy (non-hydrogen) atoms. The van der Waals surface area contributed by atoms with E-state index in [1.165, 1.54) is 17.8 Å². The van der Waals surface area contributed by atoms with E-state index in [4.69, 9.17) is 0 Å². The average Bonchev–Trinajstić information content (AvgIpc) is 3.38. The van der Waals surface area contributed by atoms with Gasteiger partial charge in [0.2, 0.25) is 0 Å². The lowest BCUT2D eigenvalue weighted by atomic mass is 9.98. The molecule has 3 heterocycles. The van der Waals surface area contributed by atoms with Crippen molar-refractivity contribution < 1.29 is 4.79 Å². The molecule has 1 unspecified atom stereocenters. The molecule has 140 valence electrons. The lowest BCUT2D eigenvalue weighted by Crippen LogP contribution is -2.42. The Hall–Kier alpha value is -2.51. The van der Waals surface area contributed by atoms with Crippen LogP contribution in [0.1, 0.15) is 23.3 Å². The van der Waals surface area contributed by atoms with E-state index >= 15 is 0 Å². The number of piperidine rings is 1. The van der Waals surface area contributed by atoms with E-state index in [-0.39, 0.29) is 5.91 Å². The van der Waals surface area contributed by atoms with Gasteiger partial charge in [-0.05, 0) is 44.5 Å². The molecule has 1 aliphatic rings. The Morgan fingerprint density at radius 1 is 1.33 bits per heavy atom. The molecule has 1 amide bonds. The Bertz CT molecular complexity index is 902. The van der Waals surface area contributed by atoms with Crippen molar-refractivity contribution in [2.75, 3.05) is 26.7 Å². The molecular formula is C20H23N5OS. The molecule has 3 aromatic rings. The van der Waals surface area contributed by atoms with Gasteiger partial charge in [0.25, 0.3) is 5.91 Å². The van der Waals surface area contributed by atoms with Gasteiger partial charge < -0.3 is 10.2 Å². The predicted octanol–water partition coefficient (Wildman–Crippen LogP) is 3.07. The fraction of sp³-hybridized carbons (Fsp3) is 0.350. The monoisotopic (exact) mass is 381 g/mol. The second kappa shape index (κ2) is 8.02. The van der Waals surface area contributed by atoms with Crippen LogP contribution in [0.2, 0.25) is 0 Å². The Kier molecular flexibility index (Phi) is 5.31. The maximum absolute atomic E-state index is 12.8. The minimum absolute atomic E-state index is 0.0359. The van der Waals surface area contributed by atoms with E-state index in [1.807, 2.05) is 58.5 Å². The molecule has 1 atom stereocenters. The lowest BCUT2D eigenvalue weighted by molar-refractivity contribution is 0.0669. The fourth-order valence-corrected chi connectivity index (χ4v) is 4.30. The first-order valence-corrected chi connectivity index (χ1v) is 10.1. The molecule has 7 heteroatoms. The van der Waals surface area contributed by atoms with Crippen LogP contribution >= 0.6 is 11.3 Å². The number of carbonyl (C=O) groups is 1. The highest BCUT2D eigenvalue weighted by molar-refractivity contribution is 7.13. The highest BCUT2D eigenvalue weighted by Gasteiger charge is 2.25. The van der Waals surface area contributed by atoms with E-state index < -0.39 is 0 Å². The number of nitrogens with zero attached hydrogens (tertiary/aromatic N) is 4. The van der Waals surface area contributed by atoms with Gasteiger partial charge >= 0.3 is 0 Å². The molecule has 1 fully saturated rings. The Balaban J connectivity index is 1.49. The first kappa shape index (κ1) is 17.9. The summed E-state index contributed by atoms with van der Waals surface area (Å²) in [5, 5.41) is 10.3. The smallest absolute Gasteiger partial charge is 0.273 e. The average molecular weight is 382 g/mol. The molecular weight excluding hydrogens is 358 g/mol. The van der Waals surface area contributed by atoms with Crippen molar-refractivity contribution in [2.45, 2.75) is 12.8 Å². The normalized spacial score (nSPS) is 17.2. The first-order chi connectivity index (χ1) is 13.2. The summed E-state index contributed by atoms with van der Waals surface area (Å²) in [6.07, 6.45) is 5.97. The van der Waals surface area contributed by atoms with Crippen molar-refractivity contribution in [3.63, 3.8) is 0 Å². The molecule has 0 bridgehead atoms. The number of benzene rings is 1. The number of aromatic nitrogens is 3. The minimum Gasteiger partial charge on any atom is -0.337 e. The highest BCUT2D eigenvalue weighted by atomic mass is 32.1. The zero-order valence-electron chi connectivity index (χ0n) is 15.3. The number of para-hydroxylation sites is 1. The maximum atomic E-state index is 12.8. The summed E-state index contributed by atoms with van der Waals surface area (Å²) >= 11 is 1.49. The van der Waals surface area contributed by atoms with Gasteiger partial charge in [0.15, 0.2) is 0 Å². The third-order valence-corrected chi connectivity index (χ3v) is 5.76. The van der Waals surface area contributed by atoms with Gasteiger partial charge in [-0.2, -0.15) is 5.10 Å². The molecule has 0 aliphatic carbocycles. The van der Waals surface area contributed by atoms with Crippen molar-refractivity contribution in [3.05, 3.63) is 53.8 Å². The standard InChI is InChI=1S/C20H23N5OS/c1-21-10-15-6-5-9-24(12-15)20(26)18-14-27-19(23-18)16-11-22-25(13-16)17-7-3-2-4-8-17/h2-4,7-8,11,13-15,21H,5-6,9-10,12H2,1H3. The van der Waals surface area contributed by atoms with Crippen LogP contribution in [-0.2, 0) is 0 Å². The van der Waals surface area contributed by atoms with E-state index in [0.717, 1.165) is 42.3 Å². The fourth-order valence-electron chi connectivity index (χ4n) is 3.53. The van der Waals surface area contributed by atoms with Crippen molar-refractivity contribution >= 4 is 17.2 Å². The summed E-state index contributed by atoms with van der Waals surface area (Å²) < 4.78 is 1.82. The second-order valence-corrected chi connectivity index (χ2v) is 7.72. The first-order valence-electron chi connectivity index (χ1n) is 9.24. The predicted molar refractivity (Wildman–Crippen MR) is 107 cm³/mol. The molecule has 1 aliphatic heterocycles. The van der Waals surface area contributed by atoms with Crippen LogP contribution in [0.15, 0.2) is 48.1 Å². The molecule has 2 aromatic heterocycles. The van der Waals surface area contributed by atoms with E-state index in [2.05, 4.69) is 15.4 Å². The van der Waals surface area contributed by atoms with Gasteiger partial charge in [0.05, 0.1) is 11.9 Å². The van der Waals surface area contributed by atoms with Crippen molar-refractivity contribution in [3.8, 4) is 16.3 Å². The van der Waals surface area contributed by atoms with Gasteiger partial charge in [-0.25, -0.2) is 9.67 Å². The Morgan fingerprint density at radius 3 is 3.00 bits per heavy atom. The number of thiazole rings is 1. The van der Waals surface area contributed by atoms with Crippen molar-refractivity contribution in [2.24, 2.45) is 5.92 Å². The number of nitrogens with one attached hydrogen (secondary N) is 1. The largest absolute Gasteiger partial charge is 0.337 e. The van der Waals surface area contributed by atoms with Gasteiger partial charge in [-0.1, -0.05) is 18.2 Å². The molecule has 0 spiro atoms.